The SMILES string of the molecule is C[C@H]1CC[C@H]2[C@H](C)[C@@H]3[C@@H](C[C@@H]4[C@@H]5CC=C6C[C@H](O[C@@H]7O[C@H](CO)[C@@H](O[C@@H]8O[C@H](CO)[C@@H](O)[C@H](O[C@@H]9O[C@H](CO[C@H]%10O[C@H](CO)[C@@H](O)[C@H](O)[C@H]%10O)[C@@H](O)[C@H](O)[C@H]9O)[C@H]8O)[C@H](O)[C@H]7O[C@@H]7O[C@@H](C)[C@H](O)[C@@H](O)[C@H]7O)CC[C@@]6(C)[C@H]5CC[C@@]34C)N2C1. The molecular formula is C57H93NO25. The van der Waals surface area contributed by atoms with Gasteiger partial charge in [0, 0.05) is 18.6 Å². The van der Waals surface area contributed by atoms with Gasteiger partial charge in [-0.25, -0.2) is 0 Å². The third-order valence-electron chi connectivity index (χ3n) is 22.2. The van der Waals surface area contributed by atoms with Gasteiger partial charge in [0.05, 0.1) is 38.6 Å². The molecular weight excluding hydrogens is 1100 g/mol. The second-order valence-electron chi connectivity index (χ2n) is 26.9. The summed E-state index contributed by atoms with van der Waals surface area (Å²) in [6.07, 6.45) is -32.3. The molecule has 0 spiro atoms. The van der Waals surface area contributed by atoms with Gasteiger partial charge in [-0.1, -0.05) is 39.3 Å². The van der Waals surface area contributed by atoms with E-state index in [1.54, 1.807) is 0 Å². The molecule has 4 aliphatic carbocycles. The first-order chi connectivity index (χ1) is 39.4. The predicted octanol–water partition coefficient (Wildman–Crippen LogP) is -4.20. The summed E-state index contributed by atoms with van der Waals surface area (Å²) >= 11 is 0. The number of aliphatic hydroxyl groups is 15. The summed E-state index contributed by atoms with van der Waals surface area (Å²) in [4.78, 5) is 2.91. The maximum Gasteiger partial charge on any atom is 0.187 e. The summed E-state index contributed by atoms with van der Waals surface area (Å²) in [7, 11) is 0. The van der Waals surface area contributed by atoms with Crippen LogP contribution in [0.5, 0.6) is 0 Å². The molecule has 11 aliphatic rings. The quantitative estimate of drug-likeness (QED) is 0.0734. The standard InChI is InChI=1S/C57H93NO25/c1-21-6-9-29-22(2)35-30(58(29)16-21)15-28-26-8-7-24-14-25(10-12-56(24,4)27(26)11-13-57(28,35)5)76-55-50(83-52-44(70)40(66)36(62)23(3)75-52)46(72)48(33(19-61)79-55)81-54-47(73)49(39(65)32(18-60)78-54)82-53-45(71)42(68)38(64)34(80-53)20-74-51-43(69)41(67)37(63)31(17-59)77-51/h7,21-23,25-55,59-73H,6,8-20H2,1-5H3/t21-,22-,23-,25+,26+,27-,28+,29-,30+,31+,32+,33+,34+,35+,36-,37+,38+,39+,40+,41-,42-,43+,44+,45+,46-,47+,48+,49-,50+,51-,52-,53-,54-,55+,56+,57+/m0/s1. The first-order valence-corrected chi connectivity index (χ1v) is 30.4. The van der Waals surface area contributed by atoms with Crippen LogP contribution < -0.4 is 0 Å². The largest absolute Gasteiger partial charge is 0.394 e. The molecule has 0 unspecified atom stereocenters. The van der Waals surface area contributed by atoms with E-state index < -0.39 is 186 Å². The number of rotatable bonds is 14. The minimum atomic E-state index is -2.10. The highest BCUT2D eigenvalue weighted by Crippen LogP contribution is 2.70. The van der Waals surface area contributed by atoms with Crippen LogP contribution in [0, 0.1) is 46.3 Å². The van der Waals surface area contributed by atoms with Gasteiger partial charge in [-0.15, -0.1) is 0 Å². The smallest absolute Gasteiger partial charge is 0.187 e. The monoisotopic (exact) mass is 1190 g/mol. The van der Waals surface area contributed by atoms with Gasteiger partial charge < -0.3 is 124 Å². The molecule has 26 heteroatoms. The van der Waals surface area contributed by atoms with E-state index in [4.69, 9.17) is 47.4 Å². The molecule has 10 fully saturated rings. The van der Waals surface area contributed by atoms with Gasteiger partial charge in [0.15, 0.2) is 31.5 Å². The Morgan fingerprint density at radius 1 is 0.518 bits per heavy atom. The highest BCUT2D eigenvalue weighted by atomic mass is 16.8. The minimum absolute atomic E-state index is 0.0732. The maximum absolute atomic E-state index is 12.5. The lowest BCUT2D eigenvalue weighted by molar-refractivity contribution is -0.397. The molecule has 36 atom stereocenters. The van der Waals surface area contributed by atoms with Gasteiger partial charge in [0.25, 0.3) is 0 Å². The lowest BCUT2D eigenvalue weighted by Gasteiger charge is -2.58. The fourth-order valence-corrected chi connectivity index (χ4v) is 17.6. The number of ether oxygens (including phenoxy) is 10. The minimum Gasteiger partial charge on any atom is -0.394 e. The molecule has 11 rings (SSSR count). The fourth-order valence-electron chi connectivity index (χ4n) is 17.6. The van der Waals surface area contributed by atoms with Crippen molar-refractivity contribution >= 4 is 0 Å². The zero-order valence-electron chi connectivity index (χ0n) is 47.8. The predicted molar refractivity (Wildman–Crippen MR) is 280 cm³/mol. The normalized spacial score (nSPS) is 56.5. The average Bonchev–Trinajstić information content (AvgIpc) is 2.41. The highest BCUT2D eigenvalue weighted by molar-refractivity contribution is 5.27. The van der Waals surface area contributed by atoms with Crippen molar-refractivity contribution in [3.63, 3.8) is 0 Å². The van der Waals surface area contributed by atoms with Crippen molar-refractivity contribution < 1.29 is 124 Å². The van der Waals surface area contributed by atoms with Crippen LogP contribution in [0.3, 0.4) is 0 Å². The van der Waals surface area contributed by atoms with Crippen LogP contribution in [0.25, 0.3) is 0 Å². The van der Waals surface area contributed by atoms with Crippen LogP contribution in [0.1, 0.15) is 92.4 Å². The average molecular weight is 1190 g/mol. The van der Waals surface area contributed by atoms with E-state index in [0.717, 1.165) is 25.2 Å². The van der Waals surface area contributed by atoms with Crippen molar-refractivity contribution in [1.29, 1.82) is 0 Å². The van der Waals surface area contributed by atoms with E-state index in [-0.39, 0.29) is 5.41 Å². The van der Waals surface area contributed by atoms with Crippen molar-refractivity contribution in [3.05, 3.63) is 11.6 Å². The van der Waals surface area contributed by atoms with Gasteiger partial charge in [-0.2, -0.15) is 0 Å². The first-order valence-electron chi connectivity index (χ1n) is 30.4. The van der Waals surface area contributed by atoms with Crippen molar-refractivity contribution in [3.8, 4) is 0 Å². The summed E-state index contributed by atoms with van der Waals surface area (Å²) in [6, 6.07) is 1.33. The van der Waals surface area contributed by atoms with E-state index in [2.05, 4.69) is 38.7 Å². The Bertz CT molecular complexity index is 2220. The number of nitrogens with zero attached hydrogens (tertiary/aromatic N) is 1. The van der Waals surface area contributed by atoms with Gasteiger partial charge in [0.2, 0.25) is 0 Å². The summed E-state index contributed by atoms with van der Waals surface area (Å²) in [5.41, 5.74) is 1.52. The fraction of sp³-hybridized carbons (Fsp3) is 0.965. The maximum atomic E-state index is 12.5. The van der Waals surface area contributed by atoms with Crippen molar-refractivity contribution in [2.24, 2.45) is 46.3 Å². The zero-order valence-corrected chi connectivity index (χ0v) is 47.8. The van der Waals surface area contributed by atoms with Gasteiger partial charge >= 0.3 is 0 Å². The summed E-state index contributed by atoms with van der Waals surface area (Å²) in [5, 5.41) is 163. The molecule has 7 heterocycles. The molecule has 7 aliphatic heterocycles. The molecule has 3 saturated carbocycles. The van der Waals surface area contributed by atoms with E-state index >= 15 is 0 Å². The van der Waals surface area contributed by atoms with Crippen LogP contribution >= 0.6 is 0 Å². The Hall–Kier alpha value is -1.30. The van der Waals surface area contributed by atoms with Crippen LogP contribution in [0.2, 0.25) is 0 Å². The second kappa shape index (κ2) is 24.8. The summed E-state index contributed by atoms with van der Waals surface area (Å²) < 4.78 is 59.8. The zero-order chi connectivity index (χ0) is 59.5. The molecule has 0 aromatic carbocycles. The molecule has 7 saturated heterocycles. The van der Waals surface area contributed by atoms with Crippen LogP contribution in [0.4, 0.5) is 0 Å². The molecule has 0 aromatic heterocycles. The summed E-state index contributed by atoms with van der Waals surface area (Å²) in [5.74, 6) is 3.82. The Balaban J connectivity index is 0.789. The van der Waals surface area contributed by atoms with E-state index in [9.17, 15) is 76.6 Å². The van der Waals surface area contributed by atoms with Crippen molar-refractivity contribution in [1.82, 2.24) is 4.90 Å². The van der Waals surface area contributed by atoms with Gasteiger partial charge in [0.1, 0.15) is 116 Å². The number of piperidine rings is 1. The number of hydrogen-bond acceptors (Lipinski definition) is 26. The molecule has 0 radical (unpaired) electrons. The topological polar surface area (TPSA) is 399 Å². The van der Waals surface area contributed by atoms with E-state index in [0.29, 0.717) is 59.9 Å². The Morgan fingerprint density at radius 3 is 1.80 bits per heavy atom. The molecule has 83 heavy (non-hydrogen) atoms. The number of fused-ring (bicyclic) bond motifs is 9. The van der Waals surface area contributed by atoms with Crippen LogP contribution in [-0.4, -0.2) is 286 Å². The Morgan fingerprint density at radius 2 is 1.10 bits per heavy atom. The van der Waals surface area contributed by atoms with Crippen molar-refractivity contribution in [2.45, 2.75) is 264 Å². The molecule has 15 N–H and O–H groups in total. The first kappa shape index (κ1) is 63.3. The summed E-state index contributed by atoms with van der Waals surface area (Å²) in [6.45, 7) is 9.36. The van der Waals surface area contributed by atoms with E-state index in [1.807, 2.05) is 0 Å². The second-order valence-corrected chi connectivity index (χ2v) is 26.9. The van der Waals surface area contributed by atoms with E-state index in [1.165, 1.54) is 44.7 Å². The lowest BCUT2D eigenvalue weighted by Crippen LogP contribution is -2.68. The third-order valence-corrected chi connectivity index (χ3v) is 22.2. The third kappa shape index (κ3) is 11.2. The molecule has 0 bridgehead atoms. The molecule has 0 aromatic rings. The Labute approximate surface area is 482 Å². The van der Waals surface area contributed by atoms with Gasteiger partial charge in [-0.3, -0.25) is 4.90 Å². The number of aliphatic hydroxyl groups excluding tert-OH is 15. The van der Waals surface area contributed by atoms with Crippen molar-refractivity contribution in [2.75, 3.05) is 33.0 Å². The Kier molecular flexibility index (Phi) is 18.9. The molecule has 0 amide bonds. The van der Waals surface area contributed by atoms with Crippen LogP contribution in [0.15, 0.2) is 11.6 Å². The lowest BCUT2D eigenvalue weighted by atomic mass is 9.47. The van der Waals surface area contributed by atoms with Gasteiger partial charge in [-0.05, 0) is 111 Å². The molecule has 476 valence electrons. The number of allylic oxidation sites excluding steroid dienone is 1. The molecule has 26 nitrogen and oxygen atoms in total. The van der Waals surface area contributed by atoms with Crippen LogP contribution in [-0.2, 0) is 47.4 Å². The number of hydrogen-bond donors (Lipinski definition) is 15. The highest BCUT2D eigenvalue weighted by Gasteiger charge is 2.67.